The summed E-state index contributed by atoms with van der Waals surface area (Å²) in [5.41, 5.74) is 1.20. The first-order chi connectivity index (χ1) is 7.67. The van der Waals surface area contributed by atoms with Crippen molar-refractivity contribution in [2.75, 3.05) is 13.7 Å². The van der Waals surface area contributed by atoms with Gasteiger partial charge in [-0.25, -0.2) is 0 Å². The van der Waals surface area contributed by atoms with Gasteiger partial charge < -0.3 is 15.2 Å². The zero-order chi connectivity index (χ0) is 12.0. The average Bonchev–Trinajstić information content (AvgIpc) is 2.30. The largest absolute Gasteiger partial charge is 0.504 e. The van der Waals surface area contributed by atoms with Crippen LogP contribution in [0.25, 0.3) is 0 Å². The van der Waals surface area contributed by atoms with Crippen LogP contribution in [0.3, 0.4) is 0 Å². The van der Waals surface area contributed by atoms with Gasteiger partial charge in [0, 0.05) is 6.04 Å². The molecule has 0 saturated carbocycles. The summed E-state index contributed by atoms with van der Waals surface area (Å²) in [4.78, 5) is 0. The summed E-state index contributed by atoms with van der Waals surface area (Å²) in [5.74, 6) is 0.796. The summed E-state index contributed by atoms with van der Waals surface area (Å²) >= 11 is 0. The highest BCUT2D eigenvalue weighted by atomic mass is 16.5. The molecule has 0 spiro atoms. The van der Waals surface area contributed by atoms with Gasteiger partial charge in [0.15, 0.2) is 11.5 Å². The van der Waals surface area contributed by atoms with Crippen molar-refractivity contribution < 1.29 is 9.84 Å². The normalized spacial score (nSPS) is 12.4. The second-order valence-electron chi connectivity index (χ2n) is 3.96. The molecule has 3 heteroatoms. The quantitative estimate of drug-likeness (QED) is 0.777. The van der Waals surface area contributed by atoms with Crippen LogP contribution in [0.5, 0.6) is 11.5 Å². The summed E-state index contributed by atoms with van der Waals surface area (Å²) in [7, 11) is 1.97. The molecule has 1 unspecified atom stereocenters. The van der Waals surface area contributed by atoms with Crippen LogP contribution in [0.1, 0.15) is 25.8 Å². The van der Waals surface area contributed by atoms with Crippen LogP contribution < -0.4 is 10.1 Å². The fourth-order valence-electron chi connectivity index (χ4n) is 1.51. The number of benzene rings is 1. The third-order valence-electron chi connectivity index (χ3n) is 2.68. The van der Waals surface area contributed by atoms with Crippen LogP contribution in [-0.4, -0.2) is 24.8 Å². The van der Waals surface area contributed by atoms with E-state index in [2.05, 4.69) is 12.2 Å². The lowest BCUT2D eigenvalue weighted by molar-refractivity contribution is 0.317. The summed E-state index contributed by atoms with van der Waals surface area (Å²) < 4.78 is 5.34. The van der Waals surface area contributed by atoms with Crippen LogP contribution >= 0.6 is 0 Å². The Morgan fingerprint density at radius 1 is 1.44 bits per heavy atom. The molecule has 3 nitrogen and oxygen atoms in total. The van der Waals surface area contributed by atoms with Crippen LogP contribution in [0, 0.1) is 0 Å². The molecular formula is C13H21NO2. The van der Waals surface area contributed by atoms with Gasteiger partial charge in [0.05, 0.1) is 6.61 Å². The zero-order valence-corrected chi connectivity index (χ0v) is 10.3. The van der Waals surface area contributed by atoms with Gasteiger partial charge in [-0.1, -0.05) is 6.07 Å². The van der Waals surface area contributed by atoms with Gasteiger partial charge in [-0.2, -0.15) is 0 Å². The van der Waals surface area contributed by atoms with Crippen molar-refractivity contribution in [2.24, 2.45) is 0 Å². The van der Waals surface area contributed by atoms with Gasteiger partial charge in [0.25, 0.3) is 0 Å². The first kappa shape index (κ1) is 12.8. The van der Waals surface area contributed by atoms with E-state index in [-0.39, 0.29) is 5.75 Å². The van der Waals surface area contributed by atoms with Gasteiger partial charge in [-0.3, -0.25) is 0 Å². The SMILES string of the molecule is CCOc1cc(CCC(C)NC)ccc1O. The number of hydrogen-bond acceptors (Lipinski definition) is 3. The van der Waals surface area contributed by atoms with Gasteiger partial charge in [0.1, 0.15) is 0 Å². The molecule has 1 aromatic carbocycles. The van der Waals surface area contributed by atoms with Gasteiger partial charge in [-0.05, 0) is 51.4 Å². The number of nitrogens with one attached hydrogen (secondary N) is 1. The fraction of sp³-hybridized carbons (Fsp3) is 0.538. The van der Waals surface area contributed by atoms with Crippen LogP contribution in [-0.2, 0) is 6.42 Å². The molecular weight excluding hydrogens is 202 g/mol. The average molecular weight is 223 g/mol. The minimum atomic E-state index is 0.215. The number of aryl methyl sites for hydroxylation is 1. The second-order valence-corrected chi connectivity index (χ2v) is 3.96. The molecule has 0 saturated heterocycles. The summed E-state index contributed by atoms with van der Waals surface area (Å²) in [6, 6.07) is 6.07. The predicted molar refractivity (Wildman–Crippen MR) is 66.1 cm³/mol. The number of aromatic hydroxyl groups is 1. The highest BCUT2D eigenvalue weighted by Crippen LogP contribution is 2.27. The maximum Gasteiger partial charge on any atom is 0.161 e. The van der Waals surface area contributed by atoms with Crippen LogP contribution in [0.2, 0.25) is 0 Å². The van der Waals surface area contributed by atoms with Gasteiger partial charge >= 0.3 is 0 Å². The predicted octanol–water partition coefficient (Wildman–Crippen LogP) is 2.33. The minimum Gasteiger partial charge on any atom is -0.504 e. The molecule has 0 bridgehead atoms. The Morgan fingerprint density at radius 3 is 2.81 bits per heavy atom. The fourth-order valence-corrected chi connectivity index (χ4v) is 1.51. The molecule has 0 aliphatic carbocycles. The van der Waals surface area contributed by atoms with E-state index < -0.39 is 0 Å². The zero-order valence-electron chi connectivity index (χ0n) is 10.3. The van der Waals surface area contributed by atoms with Crippen molar-refractivity contribution in [1.82, 2.24) is 5.32 Å². The molecule has 0 radical (unpaired) electrons. The van der Waals surface area contributed by atoms with E-state index in [1.807, 2.05) is 26.1 Å². The molecule has 0 aliphatic heterocycles. The third-order valence-corrected chi connectivity index (χ3v) is 2.68. The second kappa shape index (κ2) is 6.38. The van der Waals surface area contributed by atoms with Crippen molar-refractivity contribution in [3.05, 3.63) is 23.8 Å². The smallest absolute Gasteiger partial charge is 0.161 e. The third kappa shape index (κ3) is 3.74. The van der Waals surface area contributed by atoms with Crippen molar-refractivity contribution >= 4 is 0 Å². The first-order valence-corrected chi connectivity index (χ1v) is 5.79. The minimum absolute atomic E-state index is 0.215. The van der Waals surface area contributed by atoms with E-state index >= 15 is 0 Å². The maximum atomic E-state index is 9.55. The van der Waals surface area contributed by atoms with Crippen LogP contribution in [0.15, 0.2) is 18.2 Å². The Hall–Kier alpha value is -1.22. The molecule has 1 rings (SSSR count). The Kier molecular flexibility index (Phi) is 5.12. The van der Waals surface area contributed by atoms with E-state index in [1.54, 1.807) is 6.07 Å². The summed E-state index contributed by atoms with van der Waals surface area (Å²) in [5, 5.41) is 12.8. The lowest BCUT2D eigenvalue weighted by Crippen LogP contribution is -2.21. The number of phenolic OH excluding ortho intramolecular Hbond substituents is 1. The Morgan fingerprint density at radius 2 is 2.19 bits per heavy atom. The molecule has 2 N–H and O–H groups in total. The number of phenols is 1. The first-order valence-electron chi connectivity index (χ1n) is 5.79. The van der Waals surface area contributed by atoms with E-state index in [0.717, 1.165) is 12.8 Å². The van der Waals surface area contributed by atoms with E-state index in [1.165, 1.54) is 5.56 Å². The lowest BCUT2D eigenvalue weighted by Gasteiger charge is -2.11. The van der Waals surface area contributed by atoms with E-state index in [0.29, 0.717) is 18.4 Å². The topological polar surface area (TPSA) is 41.5 Å². The molecule has 0 heterocycles. The van der Waals surface area contributed by atoms with Crippen molar-refractivity contribution in [1.29, 1.82) is 0 Å². The highest BCUT2D eigenvalue weighted by molar-refractivity contribution is 5.41. The number of hydrogen-bond donors (Lipinski definition) is 2. The molecule has 90 valence electrons. The monoisotopic (exact) mass is 223 g/mol. The Balaban J connectivity index is 2.63. The Labute approximate surface area is 97.4 Å². The standard InChI is InChI=1S/C13H21NO2/c1-4-16-13-9-11(7-8-12(13)15)6-5-10(2)14-3/h7-10,14-15H,4-6H2,1-3H3. The Bertz CT molecular complexity index is 326. The summed E-state index contributed by atoms with van der Waals surface area (Å²) in [6.07, 6.45) is 2.06. The molecule has 0 aromatic heterocycles. The molecule has 1 aromatic rings. The van der Waals surface area contributed by atoms with Crippen LogP contribution in [0.4, 0.5) is 0 Å². The molecule has 0 aliphatic rings. The van der Waals surface area contributed by atoms with Crippen molar-refractivity contribution in [2.45, 2.75) is 32.7 Å². The van der Waals surface area contributed by atoms with Gasteiger partial charge in [-0.15, -0.1) is 0 Å². The summed E-state index contributed by atoms with van der Waals surface area (Å²) in [6.45, 7) is 4.64. The number of rotatable bonds is 6. The van der Waals surface area contributed by atoms with Crippen molar-refractivity contribution in [3.8, 4) is 11.5 Å². The maximum absolute atomic E-state index is 9.55. The van der Waals surface area contributed by atoms with Gasteiger partial charge in [0.2, 0.25) is 0 Å². The van der Waals surface area contributed by atoms with E-state index in [9.17, 15) is 5.11 Å². The highest BCUT2D eigenvalue weighted by Gasteiger charge is 2.05. The molecule has 1 atom stereocenters. The molecule has 0 amide bonds. The molecule has 16 heavy (non-hydrogen) atoms. The lowest BCUT2D eigenvalue weighted by atomic mass is 10.1. The van der Waals surface area contributed by atoms with Crippen molar-refractivity contribution in [3.63, 3.8) is 0 Å². The van der Waals surface area contributed by atoms with E-state index in [4.69, 9.17) is 4.74 Å². The molecule has 0 fully saturated rings. The number of ether oxygens (including phenoxy) is 1.